The van der Waals surface area contributed by atoms with Crippen molar-refractivity contribution in [2.75, 3.05) is 5.73 Å². The number of nitrogen functional groups attached to an aromatic ring is 1. The van der Waals surface area contributed by atoms with E-state index in [1.165, 1.54) is 4.90 Å². The zero-order chi connectivity index (χ0) is 10.1. The molecular formula is C10H14BrNS. The topological polar surface area (TPSA) is 26.0 Å². The monoisotopic (exact) mass is 259 g/mol. The van der Waals surface area contributed by atoms with Gasteiger partial charge >= 0.3 is 0 Å². The molecule has 1 nitrogen and oxygen atoms in total. The SMILES string of the molecule is CC(C)(C)Sc1ccc(N)cc1Br. The molecule has 0 atom stereocenters. The fourth-order valence-corrected chi connectivity index (χ4v) is 2.52. The first-order valence-electron chi connectivity index (χ1n) is 4.12. The lowest BCUT2D eigenvalue weighted by molar-refractivity contribution is 0.802. The largest absolute Gasteiger partial charge is 0.399 e. The van der Waals surface area contributed by atoms with Gasteiger partial charge in [0.2, 0.25) is 0 Å². The predicted molar refractivity (Wildman–Crippen MR) is 64.2 cm³/mol. The van der Waals surface area contributed by atoms with E-state index in [4.69, 9.17) is 5.73 Å². The van der Waals surface area contributed by atoms with Crippen LogP contribution in [-0.2, 0) is 0 Å². The van der Waals surface area contributed by atoms with Gasteiger partial charge in [-0.15, -0.1) is 11.8 Å². The standard InChI is InChI=1S/C10H14BrNS/c1-10(2,3)13-9-5-4-7(12)6-8(9)11/h4-6H,12H2,1-3H3. The van der Waals surface area contributed by atoms with Crippen LogP contribution < -0.4 is 5.73 Å². The van der Waals surface area contributed by atoms with Gasteiger partial charge in [0.05, 0.1) is 0 Å². The summed E-state index contributed by atoms with van der Waals surface area (Å²) in [5.74, 6) is 0. The average Bonchev–Trinajstić information content (AvgIpc) is 1.93. The highest BCUT2D eigenvalue weighted by molar-refractivity contribution is 9.10. The fourth-order valence-electron chi connectivity index (χ4n) is 0.930. The molecule has 0 aliphatic carbocycles. The molecule has 1 rings (SSSR count). The Bertz CT molecular complexity index is 304. The Morgan fingerprint density at radius 1 is 1.31 bits per heavy atom. The van der Waals surface area contributed by atoms with E-state index >= 15 is 0 Å². The third kappa shape index (κ3) is 3.61. The summed E-state index contributed by atoms with van der Waals surface area (Å²) in [6, 6.07) is 5.92. The second-order valence-electron chi connectivity index (χ2n) is 3.90. The highest BCUT2D eigenvalue weighted by Gasteiger charge is 2.13. The third-order valence-corrected chi connectivity index (χ3v) is 3.48. The molecule has 2 N–H and O–H groups in total. The summed E-state index contributed by atoms with van der Waals surface area (Å²) in [7, 11) is 0. The van der Waals surface area contributed by atoms with Crippen molar-refractivity contribution in [3.63, 3.8) is 0 Å². The summed E-state index contributed by atoms with van der Waals surface area (Å²) in [5, 5.41) is 0. The van der Waals surface area contributed by atoms with Gasteiger partial charge in [-0.3, -0.25) is 0 Å². The Morgan fingerprint density at radius 3 is 2.38 bits per heavy atom. The maximum absolute atomic E-state index is 5.65. The minimum atomic E-state index is 0.235. The smallest absolute Gasteiger partial charge is 0.0331 e. The Balaban J connectivity index is 2.90. The summed E-state index contributed by atoms with van der Waals surface area (Å²) >= 11 is 5.33. The number of hydrogen-bond donors (Lipinski definition) is 1. The summed E-state index contributed by atoms with van der Waals surface area (Å²) in [5.41, 5.74) is 6.45. The molecule has 0 spiro atoms. The summed E-state index contributed by atoms with van der Waals surface area (Å²) in [6.45, 7) is 6.58. The van der Waals surface area contributed by atoms with Crippen molar-refractivity contribution in [3.05, 3.63) is 22.7 Å². The summed E-state index contributed by atoms with van der Waals surface area (Å²) < 4.78 is 1.31. The molecule has 0 fully saturated rings. The van der Waals surface area contributed by atoms with Gasteiger partial charge < -0.3 is 5.73 Å². The van der Waals surface area contributed by atoms with Crippen LogP contribution in [0.3, 0.4) is 0 Å². The van der Waals surface area contributed by atoms with Crippen LogP contribution in [-0.4, -0.2) is 4.75 Å². The fraction of sp³-hybridized carbons (Fsp3) is 0.400. The number of hydrogen-bond acceptors (Lipinski definition) is 2. The van der Waals surface area contributed by atoms with Crippen molar-refractivity contribution in [1.82, 2.24) is 0 Å². The van der Waals surface area contributed by atoms with Crippen LogP contribution in [0.15, 0.2) is 27.6 Å². The number of nitrogens with two attached hydrogens (primary N) is 1. The molecule has 3 heteroatoms. The molecule has 0 amide bonds. The van der Waals surface area contributed by atoms with Gasteiger partial charge in [-0.2, -0.15) is 0 Å². The van der Waals surface area contributed by atoms with Crippen LogP contribution in [0.2, 0.25) is 0 Å². The van der Waals surface area contributed by atoms with Gasteiger partial charge in [-0.05, 0) is 34.1 Å². The van der Waals surface area contributed by atoms with E-state index in [9.17, 15) is 0 Å². The maximum Gasteiger partial charge on any atom is 0.0331 e. The second-order valence-corrected chi connectivity index (χ2v) is 6.63. The van der Waals surface area contributed by atoms with Gasteiger partial charge in [-0.25, -0.2) is 0 Å². The highest BCUT2D eigenvalue weighted by Crippen LogP contribution is 2.37. The van der Waals surface area contributed by atoms with Crippen molar-refractivity contribution >= 4 is 33.4 Å². The van der Waals surface area contributed by atoms with Crippen LogP contribution in [0.1, 0.15) is 20.8 Å². The van der Waals surface area contributed by atoms with E-state index in [0.29, 0.717) is 0 Å². The van der Waals surface area contributed by atoms with E-state index in [-0.39, 0.29) is 4.75 Å². The molecule has 0 saturated heterocycles. The lowest BCUT2D eigenvalue weighted by Crippen LogP contribution is -2.06. The second kappa shape index (κ2) is 3.93. The molecule has 1 aromatic carbocycles. The quantitative estimate of drug-likeness (QED) is 0.611. The molecule has 0 aromatic heterocycles. The van der Waals surface area contributed by atoms with Crippen molar-refractivity contribution < 1.29 is 0 Å². The minimum Gasteiger partial charge on any atom is -0.399 e. The van der Waals surface area contributed by atoms with Gasteiger partial charge in [0.25, 0.3) is 0 Å². The van der Waals surface area contributed by atoms with Crippen LogP contribution in [0.25, 0.3) is 0 Å². The average molecular weight is 260 g/mol. The zero-order valence-electron chi connectivity index (χ0n) is 8.10. The lowest BCUT2D eigenvalue weighted by atomic mass is 10.3. The Labute approximate surface area is 92.2 Å². The summed E-state index contributed by atoms with van der Waals surface area (Å²) in [4.78, 5) is 1.24. The first-order valence-corrected chi connectivity index (χ1v) is 5.73. The molecule has 0 saturated carbocycles. The molecular weight excluding hydrogens is 246 g/mol. The molecule has 0 heterocycles. The number of anilines is 1. The molecule has 0 aliphatic rings. The van der Waals surface area contributed by atoms with E-state index in [1.807, 2.05) is 23.9 Å². The Kier molecular flexibility index (Phi) is 3.30. The predicted octanol–water partition coefficient (Wildman–Crippen LogP) is 3.92. The van der Waals surface area contributed by atoms with E-state index < -0.39 is 0 Å². The van der Waals surface area contributed by atoms with Crippen LogP contribution in [0, 0.1) is 0 Å². The van der Waals surface area contributed by atoms with Gasteiger partial charge in [0, 0.05) is 19.8 Å². The van der Waals surface area contributed by atoms with E-state index in [2.05, 4.69) is 42.8 Å². The zero-order valence-corrected chi connectivity index (χ0v) is 10.5. The highest BCUT2D eigenvalue weighted by atomic mass is 79.9. The molecule has 1 aromatic rings. The van der Waals surface area contributed by atoms with Crippen LogP contribution in [0.5, 0.6) is 0 Å². The minimum absolute atomic E-state index is 0.235. The number of rotatable bonds is 1. The third-order valence-electron chi connectivity index (χ3n) is 1.37. The Morgan fingerprint density at radius 2 is 1.92 bits per heavy atom. The molecule has 13 heavy (non-hydrogen) atoms. The number of benzene rings is 1. The normalized spacial score (nSPS) is 11.7. The number of halogens is 1. The van der Waals surface area contributed by atoms with Crippen molar-refractivity contribution in [1.29, 1.82) is 0 Å². The van der Waals surface area contributed by atoms with E-state index in [1.54, 1.807) is 0 Å². The molecule has 72 valence electrons. The van der Waals surface area contributed by atoms with Gasteiger partial charge in [0.1, 0.15) is 0 Å². The van der Waals surface area contributed by atoms with Crippen molar-refractivity contribution in [2.24, 2.45) is 0 Å². The molecule has 0 unspecified atom stereocenters. The lowest BCUT2D eigenvalue weighted by Gasteiger charge is -2.18. The van der Waals surface area contributed by atoms with Crippen molar-refractivity contribution in [3.8, 4) is 0 Å². The maximum atomic E-state index is 5.65. The number of thioether (sulfide) groups is 1. The Hall–Kier alpha value is -0.150. The molecule has 0 bridgehead atoms. The molecule has 0 radical (unpaired) electrons. The summed E-state index contributed by atoms with van der Waals surface area (Å²) in [6.07, 6.45) is 0. The van der Waals surface area contributed by atoms with Crippen LogP contribution in [0.4, 0.5) is 5.69 Å². The van der Waals surface area contributed by atoms with Crippen LogP contribution >= 0.6 is 27.7 Å². The first kappa shape index (κ1) is 10.9. The molecule has 0 aliphatic heterocycles. The van der Waals surface area contributed by atoms with Gasteiger partial charge in [0.15, 0.2) is 0 Å². The van der Waals surface area contributed by atoms with Gasteiger partial charge in [-0.1, -0.05) is 20.8 Å². The van der Waals surface area contributed by atoms with Crippen molar-refractivity contribution in [2.45, 2.75) is 30.4 Å². The first-order chi connectivity index (χ1) is 5.88. The van der Waals surface area contributed by atoms with E-state index in [0.717, 1.165) is 10.2 Å².